The van der Waals surface area contributed by atoms with E-state index in [4.69, 9.17) is 14.2 Å². The third-order valence-electron chi connectivity index (χ3n) is 4.61. The third-order valence-corrected chi connectivity index (χ3v) is 5.94. The lowest BCUT2D eigenvalue weighted by molar-refractivity contribution is -0.112. The van der Waals surface area contributed by atoms with Gasteiger partial charge in [0.1, 0.15) is 17.2 Å². The summed E-state index contributed by atoms with van der Waals surface area (Å²) in [6, 6.07) is 11.9. The molecule has 0 saturated carbocycles. The molecule has 3 rings (SSSR count). The summed E-state index contributed by atoms with van der Waals surface area (Å²) in [4.78, 5) is 12.9. The van der Waals surface area contributed by atoms with Crippen molar-refractivity contribution in [3.8, 4) is 17.2 Å². The molecular formula is C21H23N3O6S. The molecule has 9 nitrogen and oxygen atoms in total. The molecule has 0 radical (unpaired) electrons. The zero-order valence-electron chi connectivity index (χ0n) is 17.6. The monoisotopic (exact) mass is 445 g/mol. The molecule has 1 aliphatic rings. The van der Waals surface area contributed by atoms with E-state index >= 15 is 0 Å². The maximum Gasteiger partial charge on any atom is 0.344 e. The zero-order valence-corrected chi connectivity index (χ0v) is 18.4. The molecule has 0 fully saturated rings. The Bertz CT molecular complexity index is 1140. The van der Waals surface area contributed by atoms with Gasteiger partial charge in [0.2, 0.25) is 0 Å². The van der Waals surface area contributed by atoms with Gasteiger partial charge in [-0.3, -0.25) is 9.10 Å². The lowest BCUT2D eigenvalue weighted by Crippen LogP contribution is -2.32. The van der Waals surface area contributed by atoms with Crippen molar-refractivity contribution in [1.82, 2.24) is 4.31 Å². The Morgan fingerprint density at radius 2 is 1.65 bits per heavy atom. The average molecular weight is 445 g/mol. The first-order valence-electron chi connectivity index (χ1n) is 9.24. The fourth-order valence-electron chi connectivity index (χ4n) is 2.94. The van der Waals surface area contributed by atoms with Gasteiger partial charge in [0, 0.05) is 12.3 Å². The molecule has 0 unspecified atom stereocenters. The summed E-state index contributed by atoms with van der Waals surface area (Å²) < 4.78 is 45.4. The molecule has 1 amide bonds. The van der Waals surface area contributed by atoms with E-state index < -0.39 is 16.1 Å². The van der Waals surface area contributed by atoms with Gasteiger partial charge in [-0.1, -0.05) is 12.1 Å². The molecule has 1 N–H and O–H groups in total. The van der Waals surface area contributed by atoms with Crippen LogP contribution in [-0.2, 0) is 21.5 Å². The van der Waals surface area contributed by atoms with Crippen molar-refractivity contribution in [3.05, 3.63) is 59.8 Å². The molecular weight excluding hydrogens is 422 g/mol. The van der Waals surface area contributed by atoms with Crippen LogP contribution in [-0.4, -0.2) is 45.7 Å². The van der Waals surface area contributed by atoms with Crippen molar-refractivity contribution in [1.29, 1.82) is 0 Å². The lowest BCUT2D eigenvalue weighted by Gasteiger charge is -2.24. The Hall–Kier alpha value is -3.53. The van der Waals surface area contributed by atoms with Gasteiger partial charge in [-0.25, -0.2) is 0 Å². The first-order chi connectivity index (χ1) is 14.8. The smallest absolute Gasteiger partial charge is 0.344 e. The van der Waals surface area contributed by atoms with Crippen molar-refractivity contribution in [2.24, 2.45) is 4.40 Å². The molecule has 2 aromatic rings. The number of hydrogen-bond acceptors (Lipinski definition) is 6. The maximum absolute atomic E-state index is 12.9. The molecule has 10 heteroatoms. The Morgan fingerprint density at radius 1 is 1.00 bits per heavy atom. The molecule has 1 heterocycles. The van der Waals surface area contributed by atoms with E-state index in [2.05, 4.69) is 9.71 Å². The Labute approximate surface area is 181 Å². The minimum Gasteiger partial charge on any atom is -0.497 e. The number of anilines is 1. The van der Waals surface area contributed by atoms with Crippen LogP contribution in [0.15, 0.2) is 58.6 Å². The number of nitrogens with zero attached hydrogens (tertiary/aromatic N) is 2. The van der Waals surface area contributed by atoms with E-state index in [1.165, 1.54) is 27.3 Å². The van der Waals surface area contributed by atoms with E-state index in [-0.39, 0.29) is 17.8 Å². The highest BCUT2D eigenvalue weighted by Crippen LogP contribution is 2.30. The number of carbonyl (C=O) groups excluding carboxylic acids is 1. The summed E-state index contributed by atoms with van der Waals surface area (Å²) in [5.41, 5.74) is 1.30. The Kier molecular flexibility index (Phi) is 6.50. The van der Waals surface area contributed by atoms with Crippen molar-refractivity contribution >= 4 is 27.5 Å². The maximum atomic E-state index is 12.9. The highest BCUT2D eigenvalue weighted by molar-refractivity contribution is 7.88. The van der Waals surface area contributed by atoms with Crippen LogP contribution < -0.4 is 19.5 Å². The van der Waals surface area contributed by atoms with Gasteiger partial charge in [-0.15, -0.1) is 4.40 Å². The van der Waals surface area contributed by atoms with Gasteiger partial charge in [-0.2, -0.15) is 8.42 Å². The van der Waals surface area contributed by atoms with Gasteiger partial charge >= 0.3 is 10.2 Å². The Balaban J connectivity index is 1.88. The van der Waals surface area contributed by atoms with Crippen LogP contribution in [0, 0.1) is 0 Å². The van der Waals surface area contributed by atoms with Crippen LogP contribution in [0.5, 0.6) is 17.2 Å². The van der Waals surface area contributed by atoms with E-state index in [9.17, 15) is 13.2 Å². The highest BCUT2D eigenvalue weighted by atomic mass is 32.2. The first kappa shape index (κ1) is 22.2. The van der Waals surface area contributed by atoms with Gasteiger partial charge in [0.25, 0.3) is 5.91 Å². The van der Waals surface area contributed by atoms with Gasteiger partial charge in [0.05, 0.1) is 44.8 Å². The van der Waals surface area contributed by atoms with E-state index in [0.29, 0.717) is 28.5 Å². The van der Waals surface area contributed by atoms with Gasteiger partial charge in [-0.05, 0) is 36.8 Å². The second kappa shape index (κ2) is 9.09. The molecule has 0 bridgehead atoms. The van der Waals surface area contributed by atoms with Gasteiger partial charge in [0.15, 0.2) is 0 Å². The van der Waals surface area contributed by atoms with Crippen LogP contribution in [0.3, 0.4) is 0 Å². The molecule has 31 heavy (non-hydrogen) atoms. The normalized spacial score (nSPS) is 14.9. The third kappa shape index (κ3) is 4.97. The second-order valence-corrected chi connectivity index (χ2v) is 8.16. The van der Waals surface area contributed by atoms with Crippen molar-refractivity contribution < 1.29 is 27.4 Å². The van der Waals surface area contributed by atoms with Crippen molar-refractivity contribution in [3.63, 3.8) is 0 Å². The summed E-state index contributed by atoms with van der Waals surface area (Å²) in [6.45, 7) is 1.48. The van der Waals surface area contributed by atoms with Crippen LogP contribution >= 0.6 is 0 Å². The largest absolute Gasteiger partial charge is 0.497 e. The number of hydrogen-bond donors (Lipinski definition) is 1. The highest BCUT2D eigenvalue weighted by Gasteiger charge is 2.28. The van der Waals surface area contributed by atoms with Crippen LogP contribution in [0.1, 0.15) is 12.5 Å². The van der Waals surface area contributed by atoms with Gasteiger partial charge < -0.3 is 19.5 Å². The standard InChI is InChI=1S/C21H23N3O6S/c1-14-18(21(25)22-19-11-17(29-3)9-10-20(19)30-4)13-24(31(26,27)23-14)12-15-5-7-16(28-2)8-6-15/h5-11,13H,12H2,1-4H3,(H,22,25). The van der Waals surface area contributed by atoms with E-state index in [1.54, 1.807) is 49.6 Å². The zero-order chi connectivity index (χ0) is 22.6. The number of nitrogens with one attached hydrogen (secondary N) is 1. The molecule has 0 saturated heterocycles. The molecule has 0 atom stereocenters. The number of amides is 1. The topological polar surface area (TPSA) is 107 Å². The molecule has 2 aromatic carbocycles. The fourth-order valence-corrected chi connectivity index (χ4v) is 4.04. The van der Waals surface area contributed by atoms with Crippen LogP contribution in [0.4, 0.5) is 5.69 Å². The first-order valence-corrected chi connectivity index (χ1v) is 10.6. The molecule has 0 aromatic heterocycles. The quantitative estimate of drug-likeness (QED) is 0.702. The summed E-state index contributed by atoms with van der Waals surface area (Å²) in [6.07, 6.45) is 1.28. The summed E-state index contributed by atoms with van der Waals surface area (Å²) >= 11 is 0. The summed E-state index contributed by atoms with van der Waals surface area (Å²) in [5.74, 6) is 1.09. The lowest BCUT2D eigenvalue weighted by atomic mass is 10.1. The van der Waals surface area contributed by atoms with E-state index in [1.807, 2.05) is 0 Å². The molecule has 0 aliphatic carbocycles. The second-order valence-electron chi connectivity index (χ2n) is 6.61. The minimum absolute atomic E-state index is 0.0162. The summed E-state index contributed by atoms with van der Waals surface area (Å²) in [7, 11) is 0.577. The number of ether oxygens (including phenoxy) is 3. The Morgan fingerprint density at radius 3 is 2.26 bits per heavy atom. The number of rotatable bonds is 7. The fraction of sp³-hybridized carbons (Fsp3) is 0.238. The van der Waals surface area contributed by atoms with Crippen LogP contribution in [0.25, 0.3) is 0 Å². The van der Waals surface area contributed by atoms with Crippen molar-refractivity contribution in [2.75, 3.05) is 26.6 Å². The number of methoxy groups -OCH3 is 3. The molecule has 164 valence electrons. The van der Waals surface area contributed by atoms with E-state index in [0.717, 1.165) is 4.31 Å². The molecule has 0 spiro atoms. The van der Waals surface area contributed by atoms with Crippen molar-refractivity contribution in [2.45, 2.75) is 13.5 Å². The predicted octanol–water partition coefficient (Wildman–Crippen LogP) is 2.76. The molecule has 1 aliphatic heterocycles. The summed E-state index contributed by atoms with van der Waals surface area (Å²) in [5, 5.41) is 2.73. The SMILES string of the molecule is COc1ccc(CN2C=C(C(=O)Nc3cc(OC)ccc3OC)C(C)=NS2(=O)=O)cc1. The minimum atomic E-state index is -3.96. The van der Waals surface area contributed by atoms with Crippen LogP contribution in [0.2, 0.25) is 0 Å². The average Bonchev–Trinajstić information content (AvgIpc) is 2.75. The predicted molar refractivity (Wildman–Crippen MR) is 117 cm³/mol. The number of carbonyl (C=O) groups is 1. The number of benzene rings is 2.